The third kappa shape index (κ3) is 4.46. The third-order valence-corrected chi connectivity index (χ3v) is 6.07. The van der Waals surface area contributed by atoms with Gasteiger partial charge in [-0.1, -0.05) is 32.0 Å². The molecule has 1 saturated carbocycles. The van der Waals surface area contributed by atoms with Crippen molar-refractivity contribution < 1.29 is 9.59 Å². The number of benzene rings is 1. The van der Waals surface area contributed by atoms with Gasteiger partial charge in [0.25, 0.3) is 0 Å². The highest BCUT2D eigenvalue weighted by Crippen LogP contribution is 2.32. The number of para-hydroxylation sites is 1. The number of carbonyl (C=O) groups is 2. The molecule has 0 bridgehead atoms. The number of nitrogens with zero attached hydrogens (tertiary/aromatic N) is 1. The Balaban J connectivity index is 1.51. The van der Waals surface area contributed by atoms with E-state index in [0.29, 0.717) is 11.8 Å². The van der Waals surface area contributed by atoms with Crippen molar-refractivity contribution in [3.05, 3.63) is 29.8 Å². The number of carbonyl (C=O) groups excluding carboxylic acids is 2. The molecule has 0 radical (unpaired) electrons. The molecule has 1 unspecified atom stereocenters. The van der Waals surface area contributed by atoms with Crippen molar-refractivity contribution in [2.75, 3.05) is 18.4 Å². The molecule has 0 spiro atoms. The summed E-state index contributed by atoms with van der Waals surface area (Å²) < 4.78 is 0. The quantitative estimate of drug-likeness (QED) is 0.877. The summed E-state index contributed by atoms with van der Waals surface area (Å²) in [5.74, 6) is 1.21. The van der Waals surface area contributed by atoms with Crippen molar-refractivity contribution >= 4 is 17.5 Å². The van der Waals surface area contributed by atoms with Gasteiger partial charge in [0, 0.05) is 30.6 Å². The van der Waals surface area contributed by atoms with Crippen LogP contribution in [0.25, 0.3) is 0 Å². The lowest BCUT2D eigenvalue weighted by Crippen LogP contribution is -2.43. The van der Waals surface area contributed by atoms with Crippen molar-refractivity contribution in [3.8, 4) is 0 Å². The van der Waals surface area contributed by atoms with Crippen LogP contribution in [0.5, 0.6) is 0 Å². The highest BCUT2D eigenvalue weighted by Gasteiger charge is 2.33. The number of aryl methyl sites for hydroxylation is 1. The van der Waals surface area contributed by atoms with Gasteiger partial charge in [-0.05, 0) is 62.5 Å². The molecule has 1 N–H and O–H groups in total. The first-order valence-corrected chi connectivity index (χ1v) is 10.3. The molecular formula is C22H32N2O2. The average Bonchev–Trinajstić information content (AvgIpc) is 2.68. The van der Waals surface area contributed by atoms with E-state index >= 15 is 0 Å². The largest absolute Gasteiger partial charge is 0.342 e. The van der Waals surface area contributed by atoms with E-state index in [1.165, 1.54) is 12.0 Å². The molecular weight excluding hydrogens is 324 g/mol. The van der Waals surface area contributed by atoms with E-state index < -0.39 is 0 Å². The number of anilines is 1. The zero-order chi connectivity index (χ0) is 18.5. The van der Waals surface area contributed by atoms with Crippen molar-refractivity contribution in [1.82, 2.24) is 4.90 Å². The fourth-order valence-corrected chi connectivity index (χ4v) is 4.44. The van der Waals surface area contributed by atoms with E-state index in [-0.39, 0.29) is 17.7 Å². The molecule has 1 heterocycles. The van der Waals surface area contributed by atoms with Gasteiger partial charge in [0.2, 0.25) is 11.8 Å². The number of hydrogen-bond acceptors (Lipinski definition) is 2. The Bertz CT molecular complexity index is 635. The maximum Gasteiger partial charge on any atom is 0.227 e. The second-order valence-electron chi connectivity index (χ2n) is 8.08. The first kappa shape index (κ1) is 18.9. The zero-order valence-electron chi connectivity index (χ0n) is 16.2. The van der Waals surface area contributed by atoms with Gasteiger partial charge in [-0.25, -0.2) is 0 Å². The van der Waals surface area contributed by atoms with Gasteiger partial charge in [0.15, 0.2) is 0 Å². The van der Waals surface area contributed by atoms with E-state index in [0.717, 1.165) is 57.3 Å². The number of nitrogens with one attached hydrogen (secondary N) is 1. The van der Waals surface area contributed by atoms with Crippen LogP contribution in [0.15, 0.2) is 24.3 Å². The summed E-state index contributed by atoms with van der Waals surface area (Å²) >= 11 is 0. The van der Waals surface area contributed by atoms with E-state index in [1.807, 2.05) is 18.2 Å². The van der Waals surface area contributed by atoms with Crippen molar-refractivity contribution in [2.24, 2.45) is 17.8 Å². The Hall–Kier alpha value is -1.84. The predicted molar refractivity (Wildman–Crippen MR) is 105 cm³/mol. The highest BCUT2D eigenvalue weighted by atomic mass is 16.2. The van der Waals surface area contributed by atoms with Gasteiger partial charge >= 0.3 is 0 Å². The molecule has 0 aromatic heterocycles. The molecule has 142 valence electrons. The first-order chi connectivity index (χ1) is 12.6. The lowest BCUT2D eigenvalue weighted by atomic mass is 9.80. The highest BCUT2D eigenvalue weighted by molar-refractivity contribution is 5.93. The number of likely N-dealkylation sites (tertiary alicyclic amines) is 1. The summed E-state index contributed by atoms with van der Waals surface area (Å²) in [7, 11) is 0. The molecule has 1 aliphatic carbocycles. The number of hydrogen-bond donors (Lipinski definition) is 1. The molecule has 4 nitrogen and oxygen atoms in total. The van der Waals surface area contributed by atoms with Crippen molar-refractivity contribution in [1.29, 1.82) is 0 Å². The lowest BCUT2D eigenvalue weighted by molar-refractivity contribution is -0.139. The SMILES string of the molecule is CCc1ccccc1NC(=O)C1CCC(C(=O)N2CCCC(C)C2)CC1. The maximum atomic E-state index is 12.8. The van der Waals surface area contributed by atoms with Crippen LogP contribution in [-0.2, 0) is 16.0 Å². The summed E-state index contributed by atoms with van der Waals surface area (Å²) in [5, 5.41) is 3.11. The smallest absolute Gasteiger partial charge is 0.227 e. The van der Waals surface area contributed by atoms with E-state index in [1.54, 1.807) is 0 Å². The van der Waals surface area contributed by atoms with Crippen LogP contribution in [0.1, 0.15) is 57.9 Å². The minimum absolute atomic E-state index is 0.0317. The second kappa shape index (κ2) is 8.70. The normalized spacial score (nSPS) is 26.4. The van der Waals surface area contributed by atoms with E-state index in [4.69, 9.17) is 0 Å². The van der Waals surface area contributed by atoms with Gasteiger partial charge < -0.3 is 10.2 Å². The van der Waals surface area contributed by atoms with Crippen LogP contribution in [0.3, 0.4) is 0 Å². The monoisotopic (exact) mass is 356 g/mol. The average molecular weight is 357 g/mol. The molecule has 4 heteroatoms. The molecule has 1 aromatic carbocycles. The van der Waals surface area contributed by atoms with Gasteiger partial charge in [0.05, 0.1) is 0 Å². The number of rotatable bonds is 4. The summed E-state index contributed by atoms with van der Waals surface area (Å²) in [4.78, 5) is 27.5. The standard InChI is InChI=1S/C22H32N2O2/c1-3-17-8-4-5-9-20(17)23-21(25)18-10-12-19(13-11-18)22(26)24-14-6-7-16(2)15-24/h4-5,8-9,16,18-19H,3,6-7,10-15H2,1-2H3,(H,23,25). The summed E-state index contributed by atoms with van der Waals surface area (Å²) in [5.41, 5.74) is 2.10. The predicted octanol–water partition coefficient (Wildman–Crippen LogP) is 4.25. The van der Waals surface area contributed by atoms with Gasteiger partial charge in [-0.15, -0.1) is 0 Å². The number of piperidine rings is 1. The van der Waals surface area contributed by atoms with Crippen LogP contribution in [0.4, 0.5) is 5.69 Å². The van der Waals surface area contributed by atoms with E-state index in [2.05, 4.69) is 30.1 Å². The van der Waals surface area contributed by atoms with Gasteiger partial charge in [-0.3, -0.25) is 9.59 Å². The van der Waals surface area contributed by atoms with E-state index in [9.17, 15) is 9.59 Å². The number of amides is 2. The lowest BCUT2D eigenvalue weighted by Gasteiger charge is -2.35. The summed E-state index contributed by atoms with van der Waals surface area (Å²) in [6.07, 6.45) is 6.59. The van der Waals surface area contributed by atoms with Crippen molar-refractivity contribution in [2.45, 2.75) is 58.8 Å². The first-order valence-electron chi connectivity index (χ1n) is 10.3. The Morgan fingerprint density at radius 2 is 1.77 bits per heavy atom. The van der Waals surface area contributed by atoms with Gasteiger partial charge in [-0.2, -0.15) is 0 Å². The summed E-state index contributed by atoms with van der Waals surface area (Å²) in [6.45, 7) is 6.16. The minimum Gasteiger partial charge on any atom is -0.342 e. The fraction of sp³-hybridized carbons (Fsp3) is 0.636. The molecule has 2 amide bonds. The van der Waals surface area contributed by atoms with Crippen LogP contribution in [-0.4, -0.2) is 29.8 Å². The van der Waals surface area contributed by atoms with Crippen LogP contribution in [0, 0.1) is 17.8 Å². The van der Waals surface area contributed by atoms with Crippen LogP contribution in [0.2, 0.25) is 0 Å². The second-order valence-corrected chi connectivity index (χ2v) is 8.08. The summed E-state index contributed by atoms with van der Waals surface area (Å²) in [6, 6.07) is 8.00. The Labute approximate surface area is 157 Å². The molecule has 3 rings (SSSR count). The third-order valence-electron chi connectivity index (χ3n) is 6.07. The molecule has 1 aliphatic heterocycles. The van der Waals surface area contributed by atoms with Gasteiger partial charge in [0.1, 0.15) is 0 Å². The van der Waals surface area contributed by atoms with Crippen molar-refractivity contribution in [3.63, 3.8) is 0 Å². The Kier molecular flexibility index (Phi) is 6.33. The molecule has 1 aromatic rings. The molecule has 2 fully saturated rings. The molecule has 2 aliphatic rings. The van der Waals surface area contributed by atoms with Crippen LogP contribution >= 0.6 is 0 Å². The molecule has 1 atom stereocenters. The Morgan fingerprint density at radius 3 is 2.46 bits per heavy atom. The molecule has 1 saturated heterocycles. The minimum atomic E-state index is 0.0317. The topological polar surface area (TPSA) is 49.4 Å². The fourth-order valence-electron chi connectivity index (χ4n) is 4.44. The molecule has 26 heavy (non-hydrogen) atoms. The zero-order valence-corrected chi connectivity index (χ0v) is 16.2. The Morgan fingerprint density at radius 1 is 1.08 bits per heavy atom. The van der Waals surface area contributed by atoms with Crippen LogP contribution < -0.4 is 5.32 Å². The maximum absolute atomic E-state index is 12.8.